The Hall–Kier alpha value is -2.11. The highest BCUT2D eigenvalue weighted by Crippen LogP contribution is 2.06. The van der Waals surface area contributed by atoms with Gasteiger partial charge in [0.05, 0.1) is 11.8 Å². The molecule has 0 amide bonds. The standard InChI is InChI=1S/C9H13N5O/c1-13(9(10)11)14(12-15)7-8-5-3-2-4-6-8/h2-6H,7H2,1H3,(H3,10,11). The third-order valence-electron chi connectivity index (χ3n) is 1.96. The molecule has 80 valence electrons. The van der Waals surface area contributed by atoms with E-state index >= 15 is 0 Å². The van der Waals surface area contributed by atoms with E-state index in [1.165, 1.54) is 12.1 Å². The lowest BCUT2D eigenvalue weighted by atomic mass is 10.2. The second kappa shape index (κ2) is 4.94. The summed E-state index contributed by atoms with van der Waals surface area (Å²) in [7, 11) is 1.51. The minimum Gasteiger partial charge on any atom is -0.369 e. The van der Waals surface area contributed by atoms with Gasteiger partial charge in [0.25, 0.3) is 0 Å². The van der Waals surface area contributed by atoms with E-state index in [0.29, 0.717) is 6.54 Å². The molecular formula is C9H13N5O. The van der Waals surface area contributed by atoms with E-state index in [0.717, 1.165) is 10.7 Å². The Bertz CT molecular complexity index is 340. The SMILES string of the molecule is CN(C(=N)N)N(Cc1ccccc1)N=O. The molecule has 0 heterocycles. The molecule has 0 saturated carbocycles. The van der Waals surface area contributed by atoms with E-state index in [1.807, 2.05) is 30.3 Å². The Morgan fingerprint density at radius 3 is 2.53 bits per heavy atom. The van der Waals surface area contributed by atoms with Gasteiger partial charge in [0.1, 0.15) is 0 Å². The number of nitrogens with two attached hydrogens (primary N) is 1. The Balaban J connectivity index is 2.70. The first-order valence-electron chi connectivity index (χ1n) is 4.37. The molecule has 6 nitrogen and oxygen atoms in total. The number of hydrogen-bond acceptors (Lipinski definition) is 3. The maximum atomic E-state index is 10.5. The molecule has 0 aliphatic carbocycles. The fraction of sp³-hybridized carbons (Fsp3) is 0.222. The Kier molecular flexibility index (Phi) is 3.61. The topological polar surface area (TPSA) is 85.8 Å². The van der Waals surface area contributed by atoms with Crippen LogP contribution in [-0.2, 0) is 6.54 Å². The van der Waals surface area contributed by atoms with Crippen molar-refractivity contribution in [3.05, 3.63) is 40.8 Å². The number of benzene rings is 1. The van der Waals surface area contributed by atoms with Crippen molar-refractivity contribution in [2.45, 2.75) is 6.54 Å². The second-order valence-corrected chi connectivity index (χ2v) is 3.01. The molecule has 15 heavy (non-hydrogen) atoms. The Morgan fingerprint density at radius 1 is 1.47 bits per heavy atom. The highest BCUT2D eigenvalue weighted by molar-refractivity contribution is 5.73. The van der Waals surface area contributed by atoms with Gasteiger partial charge < -0.3 is 5.73 Å². The van der Waals surface area contributed by atoms with Crippen LogP contribution >= 0.6 is 0 Å². The van der Waals surface area contributed by atoms with E-state index < -0.39 is 0 Å². The summed E-state index contributed by atoms with van der Waals surface area (Å²) in [6.45, 7) is 0.292. The average Bonchev–Trinajstić information content (AvgIpc) is 2.26. The molecule has 1 aromatic rings. The van der Waals surface area contributed by atoms with E-state index in [-0.39, 0.29) is 5.96 Å². The van der Waals surface area contributed by atoms with Gasteiger partial charge in [-0.1, -0.05) is 30.3 Å². The molecule has 6 heteroatoms. The number of hydrazine groups is 1. The molecule has 0 fully saturated rings. The van der Waals surface area contributed by atoms with E-state index in [9.17, 15) is 4.91 Å². The predicted octanol–water partition coefficient (Wildman–Crippen LogP) is 0.910. The molecular weight excluding hydrogens is 194 g/mol. The van der Waals surface area contributed by atoms with Gasteiger partial charge in [-0.2, -0.15) is 5.12 Å². The minimum atomic E-state index is -0.231. The van der Waals surface area contributed by atoms with E-state index in [4.69, 9.17) is 11.1 Å². The van der Waals surface area contributed by atoms with Crippen LogP contribution < -0.4 is 5.73 Å². The zero-order valence-electron chi connectivity index (χ0n) is 8.42. The second-order valence-electron chi connectivity index (χ2n) is 3.01. The lowest BCUT2D eigenvalue weighted by Crippen LogP contribution is -2.43. The summed E-state index contributed by atoms with van der Waals surface area (Å²) < 4.78 is 0. The molecule has 1 rings (SSSR count). The van der Waals surface area contributed by atoms with Gasteiger partial charge in [0.15, 0.2) is 0 Å². The number of hydrogen-bond donors (Lipinski definition) is 2. The molecule has 0 radical (unpaired) electrons. The van der Waals surface area contributed by atoms with Crippen LogP contribution in [0.2, 0.25) is 0 Å². The number of nitroso groups, excluding NO2 is 1. The minimum absolute atomic E-state index is 0.231. The Morgan fingerprint density at radius 2 is 2.07 bits per heavy atom. The summed E-state index contributed by atoms with van der Waals surface area (Å²) in [5.41, 5.74) is 6.16. The summed E-state index contributed by atoms with van der Waals surface area (Å²) in [5.74, 6) is -0.231. The molecule has 0 unspecified atom stereocenters. The maximum absolute atomic E-state index is 10.5. The van der Waals surface area contributed by atoms with E-state index in [1.54, 1.807) is 0 Å². The van der Waals surface area contributed by atoms with Gasteiger partial charge in [0, 0.05) is 7.05 Å². The lowest BCUT2D eigenvalue weighted by Gasteiger charge is -2.25. The summed E-state index contributed by atoms with van der Waals surface area (Å²) in [5, 5.41) is 12.2. The van der Waals surface area contributed by atoms with Gasteiger partial charge in [-0.15, -0.1) is 4.91 Å². The van der Waals surface area contributed by atoms with Crippen LogP contribution in [0.4, 0.5) is 0 Å². The van der Waals surface area contributed by atoms with Crippen molar-refractivity contribution in [1.29, 1.82) is 5.41 Å². The monoisotopic (exact) mass is 207 g/mol. The maximum Gasteiger partial charge on any atom is 0.208 e. The third kappa shape index (κ3) is 2.94. The Labute approximate surface area is 87.7 Å². The number of guanidine groups is 1. The fourth-order valence-corrected chi connectivity index (χ4v) is 1.06. The van der Waals surface area contributed by atoms with Gasteiger partial charge in [-0.3, -0.25) is 5.41 Å². The van der Waals surface area contributed by atoms with Crippen molar-refractivity contribution in [2.75, 3.05) is 7.05 Å². The number of rotatable bonds is 4. The van der Waals surface area contributed by atoms with Crippen molar-refractivity contribution in [2.24, 2.45) is 11.0 Å². The molecule has 1 aromatic carbocycles. The van der Waals surface area contributed by atoms with Crippen LogP contribution in [0.1, 0.15) is 5.56 Å². The highest BCUT2D eigenvalue weighted by atomic mass is 16.3. The summed E-state index contributed by atoms with van der Waals surface area (Å²) in [6, 6.07) is 9.35. The van der Waals surface area contributed by atoms with Crippen LogP contribution in [0, 0.1) is 10.3 Å². The van der Waals surface area contributed by atoms with Crippen molar-refractivity contribution in [1.82, 2.24) is 10.1 Å². The molecule has 0 saturated heterocycles. The van der Waals surface area contributed by atoms with Crippen LogP contribution in [0.5, 0.6) is 0 Å². The third-order valence-corrected chi connectivity index (χ3v) is 1.96. The van der Waals surface area contributed by atoms with Crippen molar-refractivity contribution < 1.29 is 0 Å². The molecule has 0 aliphatic rings. The summed E-state index contributed by atoms with van der Waals surface area (Å²) in [6.07, 6.45) is 0. The van der Waals surface area contributed by atoms with Crippen LogP contribution in [0.25, 0.3) is 0 Å². The van der Waals surface area contributed by atoms with E-state index in [2.05, 4.69) is 5.29 Å². The quantitative estimate of drug-likeness (QED) is 0.332. The first-order valence-corrected chi connectivity index (χ1v) is 4.37. The van der Waals surface area contributed by atoms with Gasteiger partial charge >= 0.3 is 0 Å². The first kappa shape index (κ1) is 11.0. The van der Waals surface area contributed by atoms with Crippen molar-refractivity contribution in [3.63, 3.8) is 0 Å². The average molecular weight is 207 g/mol. The first-order chi connectivity index (χ1) is 7.15. The van der Waals surface area contributed by atoms with Crippen LogP contribution in [0.15, 0.2) is 35.6 Å². The molecule has 0 aliphatic heterocycles. The van der Waals surface area contributed by atoms with Gasteiger partial charge in [-0.25, -0.2) is 5.01 Å². The predicted molar refractivity (Wildman–Crippen MR) is 57.5 cm³/mol. The molecule has 0 spiro atoms. The lowest BCUT2D eigenvalue weighted by molar-refractivity contribution is 0.0593. The van der Waals surface area contributed by atoms with Gasteiger partial charge in [0.2, 0.25) is 5.96 Å². The van der Waals surface area contributed by atoms with Gasteiger partial charge in [-0.05, 0) is 5.56 Å². The summed E-state index contributed by atoms with van der Waals surface area (Å²) >= 11 is 0. The molecule has 0 aromatic heterocycles. The molecule has 0 atom stereocenters. The van der Waals surface area contributed by atoms with Crippen molar-refractivity contribution in [3.8, 4) is 0 Å². The zero-order valence-corrected chi connectivity index (χ0v) is 8.42. The van der Waals surface area contributed by atoms with Crippen molar-refractivity contribution >= 4 is 5.96 Å². The zero-order chi connectivity index (χ0) is 11.3. The van der Waals surface area contributed by atoms with Crippen LogP contribution in [0.3, 0.4) is 0 Å². The molecule has 0 bridgehead atoms. The van der Waals surface area contributed by atoms with Crippen LogP contribution in [-0.4, -0.2) is 23.1 Å². The number of nitrogens with one attached hydrogen (secondary N) is 1. The smallest absolute Gasteiger partial charge is 0.208 e. The highest BCUT2D eigenvalue weighted by Gasteiger charge is 2.11. The normalized spacial score (nSPS) is 9.40. The number of nitrogens with zero attached hydrogens (tertiary/aromatic N) is 3. The largest absolute Gasteiger partial charge is 0.369 e. The fourth-order valence-electron chi connectivity index (χ4n) is 1.06. The molecule has 3 N–H and O–H groups in total. The summed E-state index contributed by atoms with van der Waals surface area (Å²) in [4.78, 5) is 10.5.